The number of rotatable bonds is 1. The van der Waals surface area contributed by atoms with E-state index in [4.69, 9.17) is 0 Å². The van der Waals surface area contributed by atoms with E-state index in [1.807, 2.05) is 0 Å². The number of fused-ring (bicyclic) bond motifs is 1. The average Bonchev–Trinajstić information content (AvgIpc) is 2.46. The molecule has 1 aliphatic carbocycles. The summed E-state index contributed by atoms with van der Waals surface area (Å²) in [5, 5.41) is 9.22. The Labute approximate surface area is 86.1 Å². The zero-order valence-electron chi connectivity index (χ0n) is 8.30. The quantitative estimate of drug-likeness (QED) is 0.720. The van der Waals surface area contributed by atoms with Gasteiger partial charge in [0.1, 0.15) is 5.54 Å². The maximum atomic E-state index is 13.2. The van der Waals surface area contributed by atoms with Crippen LogP contribution in [0.5, 0.6) is 0 Å². The monoisotopic (exact) mass is 217 g/mol. The van der Waals surface area contributed by atoms with Gasteiger partial charge in [0.05, 0.1) is 5.41 Å². The molecule has 0 aromatic carbocycles. The Morgan fingerprint density at radius 3 is 2.47 bits per heavy atom. The van der Waals surface area contributed by atoms with E-state index in [9.17, 15) is 18.7 Å². The second-order valence-electron chi connectivity index (χ2n) is 5.20. The standard InChI is InChI=1S/C10H13F2NO2/c11-10(12)5-8(10)4-9(7(14)15)2-1-3-13(9)6-8/h1-6H2,(H,14,15)/t8-,9+/m1/s1. The third-order valence-corrected chi connectivity index (χ3v) is 4.36. The summed E-state index contributed by atoms with van der Waals surface area (Å²) in [6.45, 7) is 0.927. The first-order chi connectivity index (χ1) is 6.92. The molecule has 1 N–H and O–H groups in total. The lowest BCUT2D eigenvalue weighted by molar-refractivity contribution is -0.148. The van der Waals surface area contributed by atoms with Gasteiger partial charge in [-0.1, -0.05) is 0 Å². The van der Waals surface area contributed by atoms with Crippen molar-refractivity contribution in [1.29, 1.82) is 0 Å². The molecule has 0 unspecified atom stereocenters. The number of nitrogens with zero attached hydrogens (tertiary/aromatic N) is 1. The van der Waals surface area contributed by atoms with Gasteiger partial charge in [-0.2, -0.15) is 0 Å². The molecular weight excluding hydrogens is 204 g/mol. The Balaban J connectivity index is 1.93. The Morgan fingerprint density at radius 2 is 2.00 bits per heavy atom. The Hall–Kier alpha value is -0.710. The predicted molar refractivity (Wildman–Crippen MR) is 47.8 cm³/mol. The molecule has 2 atom stereocenters. The predicted octanol–water partition coefficient (Wildman–Crippen LogP) is 1.33. The van der Waals surface area contributed by atoms with Crippen LogP contribution < -0.4 is 0 Å². The Morgan fingerprint density at radius 1 is 1.33 bits per heavy atom. The largest absolute Gasteiger partial charge is 0.480 e. The maximum Gasteiger partial charge on any atom is 0.324 e. The van der Waals surface area contributed by atoms with E-state index in [2.05, 4.69) is 0 Å². The minimum absolute atomic E-state index is 0.120. The third kappa shape index (κ3) is 0.947. The molecular formula is C10H13F2NO2. The van der Waals surface area contributed by atoms with E-state index in [0.29, 0.717) is 13.0 Å². The van der Waals surface area contributed by atoms with Crippen LogP contribution in [-0.4, -0.2) is 40.5 Å². The van der Waals surface area contributed by atoms with Crippen molar-refractivity contribution < 1.29 is 18.7 Å². The van der Waals surface area contributed by atoms with Gasteiger partial charge in [-0.15, -0.1) is 0 Å². The molecule has 2 saturated heterocycles. The highest BCUT2D eigenvalue weighted by Crippen LogP contribution is 2.69. The highest BCUT2D eigenvalue weighted by molar-refractivity contribution is 5.80. The van der Waals surface area contributed by atoms with Gasteiger partial charge in [-0.3, -0.25) is 9.69 Å². The van der Waals surface area contributed by atoms with Crippen LogP contribution in [0.3, 0.4) is 0 Å². The summed E-state index contributed by atoms with van der Waals surface area (Å²) in [6.07, 6.45) is 1.36. The summed E-state index contributed by atoms with van der Waals surface area (Å²) in [5.74, 6) is -3.54. The van der Waals surface area contributed by atoms with Crippen LogP contribution in [0.1, 0.15) is 25.7 Å². The Kier molecular flexibility index (Phi) is 1.48. The van der Waals surface area contributed by atoms with E-state index in [-0.39, 0.29) is 19.4 Å². The number of carbonyl (C=O) groups is 1. The summed E-state index contributed by atoms with van der Waals surface area (Å²) >= 11 is 0. The fraction of sp³-hybridized carbons (Fsp3) is 0.900. The number of alkyl halides is 2. The van der Waals surface area contributed by atoms with E-state index in [1.54, 1.807) is 4.90 Å². The second kappa shape index (κ2) is 2.34. The van der Waals surface area contributed by atoms with Crippen molar-refractivity contribution in [3.05, 3.63) is 0 Å². The molecule has 2 heterocycles. The summed E-state index contributed by atoms with van der Waals surface area (Å²) in [5.41, 5.74) is -1.98. The molecule has 1 spiro atoms. The summed E-state index contributed by atoms with van der Waals surface area (Å²) in [6, 6.07) is 0. The molecule has 84 valence electrons. The minimum Gasteiger partial charge on any atom is -0.480 e. The maximum absolute atomic E-state index is 13.2. The lowest BCUT2D eigenvalue weighted by Crippen LogP contribution is -2.45. The van der Waals surface area contributed by atoms with Crippen molar-refractivity contribution in [2.24, 2.45) is 5.41 Å². The van der Waals surface area contributed by atoms with Crippen molar-refractivity contribution in [3.8, 4) is 0 Å². The lowest BCUT2D eigenvalue weighted by Gasteiger charge is -2.26. The number of hydrogen-bond donors (Lipinski definition) is 1. The topological polar surface area (TPSA) is 40.5 Å². The van der Waals surface area contributed by atoms with Crippen LogP contribution in [-0.2, 0) is 4.79 Å². The SMILES string of the molecule is O=C(O)[C@@]12CCCN1C[C@]1(CC1(F)F)C2. The number of carboxylic acids is 1. The molecule has 0 amide bonds. The van der Waals surface area contributed by atoms with Gasteiger partial charge in [0.2, 0.25) is 0 Å². The van der Waals surface area contributed by atoms with Gasteiger partial charge in [0.25, 0.3) is 5.92 Å². The van der Waals surface area contributed by atoms with E-state index in [0.717, 1.165) is 6.42 Å². The first-order valence-corrected chi connectivity index (χ1v) is 5.28. The van der Waals surface area contributed by atoms with Gasteiger partial charge in [-0.05, 0) is 25.8 Å². The van der Waals surface area contributed by atoms with Crippen LogP contribution >= 0.6 is 0 Å². The molecule has 3 aliphatic rings. The average molecular weight is 217 g/mol. The van der Waals surface area contributed by atoms with Crippen molar-refractivity contribution in [2.75, 3.05) is 13.1 Å². The molecule has 5 heteroatoms. The first-order valence-electron chi connectivity index (χ1n) is 5.28. The molecule has 3 fully saturated rings. The van der Waals surface area contributed by atoms with Crippen molar-refractivity contribution in [3.63, 3.8) is 0 Å². The number of carboxylic acid groups (broad SMARTS) is 1. The van der Waals surface area contributed by atoms with Crippen LogP contribution in [0.4, 0.5) is 8.78 Å². The van der Waals surface area contributed by atoms with Gasteiger partial charge in [0.15, 0.2) is 0 Å². The highest BCUT2D eigenvalue weighted by Gasteiger charge is 2.78. The first kappa shape index (κ1) is 9.51. The number of halogens is 2. The second-order valence-corrected chi connectivity index (χ2v) is 5.20. The lowest BCUT2D eigenvalue weighted by atomic mass is 9.88. The highest BCUT2D eigenvalue weighted by atomic mass is 19.3. The molecule has 15 heavy (non-hydrogen) atoms. The smallest absolute Gasteiger partial charge is 0.324 e. The zero-order chi connectivity index (χ0) is 10.9. The van der Waals surface area contributed by atoms with Gasteiger partial charge in [0, 0.05) is 13.0 Å². The van der Waals surface area contributed by atoms with Crippen molar-refractivity contribution >= 4 is 5.97 Å². The molecule has 0 aromatic heterocycles. The van der Waals surface area contributed by atoms with Crippen molar-refractivity contribution in [2.45, 2.75) is 37.1 Å². The van der Waals surface area contributed by atoms with Crippen LogP contribution in [0.2, 0.25) is 0 Å². The fourth-order valence-electron chi connectivity index (χ4n) is 3.41. The van der Waals surface area contributed by atoms with E-state index < -0.39 is 22.8 Å². The summed E-state index contributed by atoms with van der Waals surface area (Å²) in [7, 11) is 0. The zero-order valence-corrected chi connectivity index (χ0v) is 8.30. The van der Waals surface area contributed by atoms with E-state index >= 15 is 0 Å². The van der Waals surface area contributed by atoms with Crippen LogP contribution in [0.15, 0.2) is 0 Å². The molecule has 3 rings (SSSR count). The number of aliphatic carboxylic acids is 1. The normalized spacial score (nSPS) is 47.1. The Bertz CT molecular complexity index is 346. The molecule has 0 bridgehead atoms. The molecule has 1 saturated carbocycles. The van der Waals surface area contributed by atoms with Gasteiger partial charge >= 0.3 is 5.97 Å². The third-order valence-electron chi connectivity index (χ3n) is 4.36. The number of hydrogen-bond acceptors (Lipinski definition) is 2. The van der Waals surface area contributed by atoms with Crippen LogP contribution in [0, 0.1) is 5.41 Å². The van der Waals surface area contributed by atoms with E-state index in [1.165, 1.54) is 0 Å². The van der Waals surface area contributed by atoms with Gasteiger partial charge < -0.3 is 5.11 Å². The van der Waals surface area contributed by atoms with Crippen molar-refractivity contribution in [1.82, 2.24) is 4.90 Å². The van der Waals surface area contributed by atoms with Crippen LogP contribution in [0.25, 0.3) is 0 Å². The van der Waals surface area contributed by atoms with Gasteiger partial charge in [-0.25, -0.2) is 8.78 Å². The summed E-state index contributed by atoms with van der Waals surface area (Å²) < 4.78 is 26.4. The fourth-order valence-corrected chi connectivity index (χ4v) is 3.41. The minimum atomic E-state index is -2.63. The molecule has 0 aromatic rings. The molecule has 2 aliphatic heterocycles. The molecule has 3 nitrogen and oxygen atoms in total. The molecule has 0 radical (unpaired) electrons. The summed E-state index contributed by atoms with van der Waals surface area (Å²) in [4.78, 5) is 13.0.